The topological polar surface area (TPSA) is 17.8 Å². The summed E-state index contributed by atoms with van der Waals surface area (Å²) < 4.78 is 3.24. The number of halogens is 2. The highest BCUT2D eigenvalue weighted by Crippen LogP contribution is 2.24. The Labute approximate surface area is 118 Å². The molecule has 98 valence electrons. The van der Waals surface area contributed by atoms with Crippen molar-refractivity contribution < 1.29 is 0 Å². The molecule has 0 aliphatic carbocycles. The summed E-state index contributed by atoms with van der Waals surface area (Å²) in [4.78, 5) is 0. The lowest BCUT2D eigenvalue weighted by Crippen LogP contribution is -2.09. The summed E-state index contributed by atoms with van der Waals surface area (Å²) in [5.74, 6) is 0.554. The Balaban J connectivity index is 2.57. The third-order valence-electron chi connectivity index (χ3n) is 3.07. The molecule has 0 saturated heterocycles. The molecule has 1 atom stereocenters. The lowest BCUT2D eigenvalue weighted by molar-refractivity contribution is 0.533. The SMILES string of the molecule is CCn1nc(C)c(Br)c1CCCC(Cl)C(C)C. The summed E-state index contributed by atoms with van der Waals surface area (Å²) in [6.07, 6.45) is 3.24. The summed E-state index contributed by atoms with van der Waals surface area (Å²) >= 11 is 9.89. The standard InChI is InChI=1S/C13H22BrClN2/c1-5-17-12(13(14)10(4)16-17)8-6-7-11(15)9(2)3/h9,11H,5-8H2,1-4H3. The maximum absolute atomic E-state index is 6.27. The van der Waals surface area contributed by atoms with Gasteiger partial charge in [0.25, 0.3) is 0 Å². The van der Waals surface area contributed by atoms with E-state index in [-0.39, 0.29) is 5.38 Å². The third kappa shape index (κ3) is 3.99. The predicted octanol–water partition coefficient (Wildman–Crippen LogP) is 4.56. The van der Waals surface area contributed by atoms with E-state index in [2.05, 4.69) is 46.5 Å². The minimum atomic E-state index is 0.285. The second-order valence-electron chi connectivity index (χ2n) is 4.81. The molecule has 0 N–H and O–H groups in total. The van der Waals surface area contributed by atoms with Gasteiger partial charge in [-0.15, -0.1) is 11.6 Å². The summed E-state index contributed by atoms with van der Waals surface area (Å²) in [7, 11) is 0. The molecule has 0 aliphatic rings. The van der Waals surface area contributed by atoms with E-state index in [1.165, 1.54) is 5.69 Å². The van der Waals surface area contributed by atoms with Crippen LogP contribution in [0.3, 0.4) is 0 Å². The molecule has 0 amide bonds. The molecule has 2 nitrogen and oxygen atoms in total. The van der Waals surface area contributed by atoms with Gasteiger partial charge >= 0.3 is 0 Å². The molecule has 1 unspecified atom stereocenters. The van der Waals surface area contributed by atoms with Crippen LogP contribution in [0.2, 0.25) is 0 Å². The number of aryl methyl sites for hydroxylation is 2. The van der Waals surface area contributed by atoms with Gasteiger partial charge in [0.2, 0.25) is 0 Å². The van der Waals surface area contributed by atoms with Crippen molar-refractivity contribution in [2.75, 3.05) is 0 Å². The molecule has 1 aromatic heterocycles. The quantitative estimate of drug-likeness (QED) is 0.702. The van der Waals surface area contributed by atoms with Crippen molar-refractivity contribution in [1.29, 1.82) is 0 Å². The van der Waals surface area contributed by atoms with Gasteiger partial charge < -0.3 is 0 Å². The molecule has 0 bridgehead atoms. The molecule has 17 heavy (non-hydrogen) atoms. The Kier molecular flexibility index (Phi) is 6.01. The number of rotatable bonds is 6. The monoisotopic (exact) mass is 320 g/mol. The van der Waals surface area contributed by atoms with Gasteiger partial charge in [-0.2, -0.15) is 5.10 Å². The van der Waals surface area contributed by atoms with Crippen LogP contribution in [0.4, 0.5) is 0 Å². The molecular weight excluding hydrogens is 300 g/mol. The summed E-state index contributed by atoms with van der Waals surface area (Å²) in [5.41, 5.74) is 2.38. The zero-order valence-corrected chi connectivity index (χ0v) is 13.5. The van der Waals surface area contributed by atoms with Crippen LogP contribution in [0, 0.1) is 12.8 Å². The fraction of sp³-hybridized carbons (Fsp3) is 0.769. The first-order chi connectivity index (χ1) is 7.97. The van der Waals surface area contributed by atoms with Crippen molar-refractivity contribution in [2.24, 2.45) is 5.92 Å². The Morgan fingerprint density at radius 3 is 2.59 bits per heavy atom. The molecule has 4 heteroatoms. The first-order valence-corrected chi connectivity index (χ1v) is 7.56. The zero-order valence-electron chi connectivity index (χ0n) is 11.1. The van der Waals surface area contributed by atoms with E-state index in [1.54, 1.807) is 0 Å². The van der Waals surface area contributed by atoms with Crippen molar-refractivity contribution in [3.63, 3.8) is 0 Å². The van der Waals surface area contributed by atoms with Gasteiger partial charge in [-0.25, -0.2) is 0 Å². The van der Waals surface area contributed by atoms with Gasteiger partial charge in [-0.3, -0.25) is 4.68 Å². The first kappa shape index (κ1) is 15.0. The highest BCUT2D eigenvalue weighted by atomic mass is 79.9. The number of alkyl halides is 1. The molecule has 0 radical (unpaired) electrons. The van der Waals surface area contributed by atoms with Gasteiger partial charge in [0.1, 0.15) is 0 Å². The average molecular weight is 322 g/mol. The summed E-state index contributed by atoms with van der Waals surface area (Å²) in [6.45, 7) is 9.44. The molecular formula is C13H22BrClN2. The maximum Gasteiger partial charge on any atom is 0.0738 e. The fourth-order valence-corrected chi connectivity index (χ4v) is 2.54. The van der Waals surface area contributed by atoms with E-state index < -0.39 is 0 Å². The van der Waals surface area contributed by atoms with Crippen molar-refractivity contribution in [2.45, 2.75) is 58.9 Å². The van der Waals surface area contributed by atoms with Crippen LogP contribution in [0.1, 0.15) is 45.0 Å². The molecule has 1 heterocycles. The Morgan fingerprint density at radius 1 is 1.41 bits per heavy atom. The number of hydrogen-bond donors (Lipinski definition) is 0. The van der Waals surface area contributed by atoms with E-state index in [0.29, 0.717) is 5.92 Å². The van der Waals surface area contributed by atoms with Crippen LogP contribution in [0.25, 0.3) is 0 Å². The van der Waals surface area contributed by atoms with E-state index in [9.17, 15) is 0 Å². The molecule has 1 rings (SSSR count). The predicted molar refractivity (Wildman–Crippen MR) is 77.8 cm³/mol. The van der Waals surface area contributed by atoms with Crippen molar-refractivity contribution in [3.8, 4) is 0 Å². The van der Waals surface area contributed by atoms with Crippen LogP contribution in [0.15, 0.2) is 4.47 Å². The Hall–Kier alpha value is -0.0200. The van der Waals surface area contributed by atoms with E-state index in [0.717, 1.165) is 36.0 Å². The molecule has 0 fully saturated rings. The third-order valence-corrected chi connectivity index (χ3v) is 4.82. The lowest BCUT2D eigenvalue weighted by Gasteiger charge is -2.13. The van der Waals surface area contributed by atoms with Crippen LogP contribution >= 0.6 is 27.5 Å². The van der Waals surface area contributed by atoms with Crippen LogP contribution in [-0.4, -0.2) is 15.2 Å². The lowest BCUT2D eigenvalue weighted by atomic mass is 10.0. The fourth-order valence-electron chi connectivity index (χ4n) is 1.91. The van der Waals surface area contributed by atoms with Crippen molar-refractivity contribution in [3.05, 3.63) is 15.9 Å². The van der Waals surface area contributed by atoms with Gasteiger partial charge in [-0.05, 0) is 55.0 Å². The molecule has 0 spiro atoms. The van der Waals surface area contributed by atoms with Crippen molar-refractivity contribution >= 4 is 27.5 Å². The number of nitrogens with zero attached hydrogens (tertiary/aromatic N) is 2. The smallest absolute Gasteiger partial charge is 0.0738 e. The number of hydrogen-bond acceptors (Lipinski definition) is 1. The first-order valence-electron chi connectivity index (χ1n) is 6.33. The Bertz CT molecular complexity index is 361. The minimum absolute atomic E-state index is 0.285. The highest BCUT2D eigenvalue weighted by Gasteiger charge is 2.13. The largest absolute Gasteiger partial charge is 0.268 e. The second kappa shape index (κ2) is 6.79. The van der Waals surface area contributed by atoms with Gasteiger partial charge in [0.05, 0.1) is 15.9 Å². The van der Waals surface area contributed by atoms with E-state index >= 15 is 0 Å². The normalized spacial score (nSPS) is 13.4. The van der Waals surface area contributed by atoms with E-state index in [1.807, 2.05) is 6.92 Å². The van der Waals surface area contributed by atoms with Crippen LogP contribution < -0.4 is 0 Å². The maximum atomic E-state index is 6.27. The molecule has 0 aromatic carbocycles. The minimum Gasteiger partial charge on any atom is -0.268 e. The van der Waals surface area contributed by atoms with Crippen molar-refractivity contribution in [1.82, 2.24) is 9.78 Å². The van der Waals surface area contributed by atoms with Crippen LogP contribution in [0.5, 0.6) is 0 Å². The molecule has 0 aliphatic heterocycles. The van der Waals surface area contributed by atoms with Crippen LogP contribution in [-0.2, 0) is 13.0 Å². The van der Waals surface area contributed by atoms with Gasteiger partial charge in [0, 0.05) is 11.9 Å². The van der Waals surface area contributed by atoms with Gasteiger partial charge in [-0.1, -0.05) is 13.8 Å². The molecule has 0 saturated carbocycles. The summed E-state index contributed by atoms with van der Waals surface area (Å²) in [5, 5.41) is 4.78. The van der Waals surface area contributed by atoms with Gasteiger partial charge in [0.15, 0.2) is 0 Å². The molecule has 1 aromatic rings. The van der Waals surface area contributed by atoms with E-state index in [4.69, 9.17) is 11.6 Å². The Morgan fingerprint density at radius 2 is 2.06 bits per heavy atom. The highest BCUT2D eigenvalue weighted by molar-refractivity contribution is 9.10. The zero-order chi connectivity index (χ0) is 13.0. The number of aromatic nitrogens is 2. The average Bonchev–Trinajstić information content (AvgIpc) is 2.56. The summed E-state index contributed by atoms with van der Waals surface area (Å²) in [6, 6.07) is 0. The second-order valence-corrected chi connectivity index (χ2v) is 6.17.